The van der Waals surface area contributed by atoms with Gasteiger partial charge in [-0.2, -0.15) is 0 Å². The Bertz CT molecular complexity index is 1140. The second-order valence-electron chi connectivity index (χ2n) is 7.44. The van der Waals surface area contributed by atoms with Gasteiger partial charge >= 0.3 is 0 Å². The molecule has 1 saturated heterocycles. The Morgan fingerprint density at radius 3 is 2.87 bits per heavy atom. The quantitative estimate of drug-likeness (QED) is 0.631. The van der Waals surface area contributed by atoms with Gasteiger partial charge in [-0.1, -0.05) is 12.1 Å². The van der Waals surface area contributed by atoms with E-state index in [1.54, 1.807) is 18.2 Å². The number of hydrogen-bond acceptors (Lipinski definition) is 6. The van der Waals surface area contributed by atoms with Crippen molar-refractivity contribution in [3.8, 4) is 11.5 Å². The van der Waals surface area contributed by atoms with Crippen LogP contribution >= 0.6 is 0 Å². The van der Waals surface area contributed by atoms with Gasteiger partial charge in [0.05, 0.1) is 17.6 Å². The van der Waals surface area contributed by atoms with Crippen LogP contribution in [0.15, 0.2) is 42.5 Å². The molecule has 1 aromatic heterocycles. The number of rotatable bonds is 6. The average molecular weight is 422 g/mol. The van der Waals surface area contributed by atoms with Crippen LogP contribution in [0.5, 0.6) is 11.5 Å². The lowest BCUT2D eigenvalue weighted by Gasteiger charge is -2.13. The van der Waals surface area contributed by atoms with Gasteiger partial charge < -0.3 is 29.4 Å². The van der Waals surface area contributed by atoms with Crippen LogP contribution in [-0.4, -0.2) is 40.9 Å². The Labute approximate surface area is 178 Å². The number of hydrogen-bond donors (Lipinski definition) is 2. The van der Waals surface area contributed by atoms with E-state index in [1.165, 1.54) is 0 Å². The van der Waals surface area contributed by atoms with Gasteiger partial charge in [-0.15, -0.1) is 0 Å². The molecule has 2 aliphatic rings. The highest BCUT2D eigenvalue weighted by molar-refractivity contribution is 5.92. The van der Waals surface area contributed by atoms with E-state index in [-0.39, 0.29) is 31.7 Å². The van der Waals surface area contributed by atoms with E-state index in [9.17, 15) is 9.59 Å². The van der Waals surface area contributed by atoms with E-state index < -0.39 is 6.10 Å². The molecule has 0 saturated carbocycles. The van der Waals surface area contributed by atoms with Crippen molar-refractivity contribution in [2.75, 3.05) is 18.7 Å². The van der Waals surface area contributed by atoms with Crippen LogP contribution in [0.1, 0.15) is 18.7 Å². The van der Waals surface area contributed by atoms with Crippen molar-refractivity contribution in [2.24, 2.45) is 0 Å². The number of amides is 2. The normalized spacial score (nSPS) is 17.1. The van der Waals surface area contributed by atoms with Gasteiger partial charge in [0.25, 0.3) is 0 Å². The number of anilines is 1. The zero-order valence-corrected chi connectivity index (χ0v) is 16.8. The maximum absolute atomic E-state index is 12.8. The minimum Gasteiger partial charge on any atom is -0.454 e. The van der Waals surface area contributed by atoms with E-state index >= 15 is 0 Å². The molecule has 2 amide bonds. The van der Waals surface area contributed by atoms with Crippen molar-refractivity contribution in [3.63, 3.8) is 0 Å². The van der Waals surface area contributed by atoms with E-state index in [1.807, 2.05) is 28.8 Å². The number of nitrogens with zero attached hydrogens (tertiary/aromatic N) is 2. The highest BCUT2D eigenvalue weighted by atomic mass is 16.7. The molecule has 1 atom stereocenters. The Balaban J connectivity index is 1.32. The second-order valence-corrected chi connectivity index (χ2v) is 7.44. The third-order valence-electron chi connectivity index (χ3n) is 5.33. The second kappa shape index (κ2) is 8.27. The molecule has 3 aromatic rings. The summed E-state index contributed by atoms with van der Waals surface area (Å²) in [5.74, 6) is 1.49. The highest BCUT2D eigenvalue weighted by Crippen LogP contribution is 2.34. The van der Waals surface area contributed by atoms with Gasteiger partial charge in [0.15, 0.2) is 11.5 Å². The number of nitrogens with one attached hydrogen (secondary N) is 2. The minimum atomic E-state index is -0.410. The molecule has 2 aromatic carbocycles. The van der Waals surface area contributed by atoms with Crippen molar-refractivity contribution in [1.82, 2.24) is 14.9 Å². The third-order valence-corrected chi connectivity index (χ3v) is 5.33. The van der Waals surface area contributed by atoms with Crippen molar-refractivity contribution in [3.05, 3.63) is 48.3 Å². The lowest BCUT2D eigenvalue weighted by molar-refractivity contribution is -0.130. The van der Waals surface area contributed by atoms with Crippen LogP contribution in [0, 0.1) is 0 Å². The number of imidazole rings is 1. The van der Waals surface area contributed by atoms with Crippen molar-refractivity contribution in [1.29, 1.82) is 0 Å². The summed E-state index contributed by atoms with van der Waals surface area (Å²) in [4.78, 5) is 29.7. The summed E-state index contributed by atoms with van der Waals surface area (Å²) in [7, 11) is 0. The number of ether oxygens (including phenoxy) is 3. The summed E-state index contributed by atoms with van der Waals surface area (Å²) < 4.78 is 17.9. The number of carbonyl (C=O) groups is 2. The first-order valence-electron chi connectivity index (χ1n) is 10.2. The third kappa shape index (κ3) is 4.04. The molecule has 5 rings (SSSR count). The van der Waals surface area contributed by atoms with Crippen molar-refractivity contribution >= 4 is 28.5 Å². The van der Waals surface area contributed by atoms with Crippen LogP contribution in [0.4, 0.5) is 5.69 Å². The first-order valence-corrected chi connectivity index (χ1v) is 10.2. The van der Waals surface area contributed by atoms with Gasteiger partial charge in [0.1, 0.15) is 18.5 Å². The standard InChI is InChI=1S/C22H22N4O5/c27-21(24-14-7-8-17-19(10-14)31-13-30-17)12-26-16-5-2-1-4-15(16)25-20(26)11-23-22(28)18-6-3-9-29-18/h1-2,4-5,7-8,10,18H,3,6,9,11-13H2,(H,23,28)(H,24,27). The number of aromatic nitrogens is 2. The fourth-order valence-corrected chi connectivity index (χ4v) is 3.82. The summed E-state index contributed by atoms with van der Waals surface area (Å²) in [6.07, 6.45) is 1.20. The van der Waals surface area contributed by atoms with Gasteiger partial charge in [-0.05, 0) is 37.1 Å². The molecule has 31 heavy (non-hydrogen) atoms. The Kier molecular flexibility index (Phi) is 5.17. The number of carbonyl (C=O) groups excluding carboxylic acids is 2. The SMILES string of the molecule is O=C(Cn1c(CNC(=O)C2CCCO2)nc2ccccc21)Nc1ccc2c(c1)OCO2. The highest BCUT2D eigenvalue weighted by Gasteiger charge is 2.24. The van der Waals surface area contributed by atoms with Crippen LogP contribution in [-0.2, 0) is 27.4 Å². The van der Waals surface area contributed by atoms with Gasteiger partial charge in [0, 0.05) is 18.4 Å². The molecule has 2 aliphatic heterocycles. The first kappa shape index (κ1) is 19.4. The lowest BCUT2D eigenvalue weighted by atomic mass is 10.2. The summed E-state index contributed by atoms with van der Waals surface area (Å²) in [6, 6.07) is 12.8. The Morgan fingerprint density at radius 1 is 1.13 bits per heavy atom. The van der Waals surface area contributed by atoms with Crippen LogP contribution < -0.4 is 20.1 Å². The zero-order chi connectivity index (χ0) is 21.2. The monoisotopic (exact) mass is 422 g/mol. The molecule has 1 unspecified atom stereocenters. The molecule has 0 bridgehead atoms. The number of para-hydroxylation sites is 2. The van der Waals surface area contributed by atoms with Crippen LogP contribution in [0.3, 0.4) is 0 Å². The smallest absolute Gasteiger partial charge is 0.249 e. The lowest BCUT2D eigenvalue weighted by Crippen LogP contribution is -2.34. The van der Waals surface area contributed by atoms with E-state index in [4.69, 9.17) is 14.2 Å². The molecule has 2 N–H and O–H groups in total. The summed E-state index contributed by atoms with van der Waals surface area (Å²) in [6.45, 7) is 1.05. The zero-order valence-electron chi connectivity index (χ0n) is 16.8. The molecule has 160 valence electrons. The topological polar surface area (TPSA) is 104 Å². The molecular weight excluding hydrogens is 400 g/mol. The Morgan fingerprint density at radius 2 is 2.00 bits per heavy atom. The Hall–Kier alpha value is -3.59. The summed E-state index contributed by atoms with van der Waals surface area (Å²) in [5.41, 5.74) is 2.20. The van der Waals surface area contributed by atoms with Gasteiger partial charge in [0.2, 0.25) is 18.6 Å². The molecule has 0 aliphatic carbocycles. The van der Waals surface area contributed by atoms with Gasteiger partial charge in [-0.25, -0.2) is 4.98 Å². The van der Waals surface area contributed by atoms with Crippen molar-refractivity contribution < 1.29 is 23.8 Å². The number of fused-ring (bicyclic) bond motifs is 2. The molecule has 9 heteroatoms. The molecule has 0 radical (unpaired) electrons. The van der Waals surface area contributed by atoms with Gasteiger partial charge in [-0.3, -0.25) is 9.59 Å². The molecule has 1 fully saturated rings. The average Bonchev–Trinajstić information content (AvgIpc) is 3.52. The fraction of sp³-hybridized carbons (Fsp3) is 0.318. The predicted molar refractivity (Wildman–Crippen MR) is 112 cm³/mol. The minimum absolute atomic E-state index is 0.0556. The molecular formula is C22H22N4O5. The van der Waals surface area contributed by atoms with Crippen LogP contribution in [0.2, 0.25) is 0 Å². The van der Waals surface area contributed by atoms with Crippen LogP contribution in [0.25, 0.3) is 11.0 Å². The van der Waals surface area contributed by atoms with Crippen molar-refractivity contribution in [2.45, 2.75) is 32.0 Å². The van der Waals surface area contributed by atoms with E-state index in [2.05, 4.69) is 15.6 Å². The molecule has 9 nitrogen and oxygen atoms in total. The summed E-state index contributed by atoms with van der Waals surface area (Å²) in [5, 5.41) is 5.77. The summed E-state index contributed by atoms with van der Waals surface area (Å²) >= 11 is 0. The predicted octanol–water partition coefficient (Wildman–Crippen LogP) is 2.20. The van der Waals surface area contributed by atoms with E-state index in [0.717, 1.165) is 23.9 Å². The molecule has 3 heterocycles. The fourth-order valence-electron chi connectivity index (χ4n) is 3.82. The maximum atomic E-state index is 12.8. The first-order chi connectivity index (χ1) is 15.2. The largest absolute Gasteiger partial charge is 0.454 e. The molecule has 0 spiro atoms. The van der Waals surface area contributed by atoms with E-state index in [0.29, 0.717) is 29.6 Å². The number of benzene rings is 2. The maximum Gasteiger partial charge on any atom is 0.249 e.